The van der Waals surface area contributed by atoms with Crippen LogP contribution >= 0.6 is 11.6 Å². The summed E-state index contributed by atoms with van der Waals surface area (Å²) in [5, 5.41) is 0.498. The Balaban J connectivity index is 2.68. The van der Waals surface area contributed by atoms with Crippen LogP contribution in [0, 0.1) is 0 Å². The van der Waals surface area contributed by atoms with E-state index in [1.54, 1.807) is 25.1 Å². The van der Waals surface area contributed by atoms with Crippen LogP contribution in [0.2, 0.25) is 5.02 Å². The van der Waals surface area contributed by atoms with Crippen molar-refractivity contribution in [1.29, 1.82) is 0 Å². The summed E-state index contributed by atoms with van der Waals surface area (Å²) in [4.78, 5) is 11.1. The number of anilines is 1. The van der Waals surface area contributed by atoms with Crippen molar-refractivity contribution in [2.75, 3.05) is 12.3 Å². The molecule has 0 aliphatic rings. The highest BCUT2D eigenvalue weighted by atomic mass is 35.5. The summed E-state index contributed by atoms with van der Waals surface area (Å²) in [6.45, 7) is 2.16. The Bertz CT molecular complexity index is 339. The average molecular weight is 214 g/mol. The molecule has 0 aliphatic heterocycles. The van der Waals surface area contributed by atoms with E-state index in [1.807, 2.05) is 0 Å². The topological polar surface area (TPSA) is 52.3 Å². The van der Waals surface area contributed by atoms with Crippen molar-refractivity contribution < 1.29 is 9.53 Å². The fraction of sp³-hybridized carbons (Fsp3) is 0.300. The van der Waals surface area contributed by atoms with Gasteiger partial charge in [0.25, 0.3) is 0 Å². The van der Waals surface area contributed by atoms with Gasteiger partial charge in [0.1, 0.15) is 0 Å². The van der Waals surface area contributed by atoms with Crippen molar-refractivity contribution in [3.05, 3.63) is 28.8 Å². The number of rotatable bonds is 3. The van der Waals surface area contributed by atoms with Crippen LogP contribution in [0.4, 0.5) is 5.69 Å². The van der Waals surface area contributed by atoms with Gasteiger partial charge in [-0.15, -0.1) is 0 Å². The molecule has 0 heterocycles. The zero-order chi connectivity index (χ0) is 10.6. The lowest BCUT2D eigenvalue weighted by molar-refractivity contribution is -0.142. The van der Waals surface area contributed by atoms with Gasteiger partial charge in [-0.1, -0.05) is 17.7 Å². The highest BCUT2D eigenvalue weighted by Crippen LogP contribution is 2.19. The van der Waals surface area contributed by atoms with Gasteiger partial charge in [0, 0.05) is 0 Å². The van der Waals surface area contributed by atoms with E-state index in [9.17, 15) is 4.79 Å². The summed E-state index contributed by atoms with van der Waals surface area (Å²) in [7, 11) is 0. The lowest BCUT2D eigenvalue weighted by Gasteiger charge is -2.03. The Hall–Kier alpha value is -1.22. The standard InChI is InChI=1S/C10H12ClNO2/c1-2-14-10(13)6-7-3-4-8(11)9(12)5-7/h3-5H,2,6,12H2,1H3. The first kappa shape index (κ1) is 10.9. The van der Waals surface area contributed by atoms with Gasteiger partial charge in [-0.2, -0.15) is 0 Å². The molecule has 4 heteroatoms. The van der Waals surface area contributed by atoms with E-state index in [2.05, 4.69) is 0 Å². The second kappa shape index (κ2) is 4.86. The van der Waals surface area contributed by atoms with Crippen LogP contribution in [-0.4, -0.2) is 12.6 Å². The first-order valence-electron chi connectivity index (χ1n) is 4.33. The van der Waals surface area contributed by atoms with Gasteiger partial charge >= 0.3 is 5.97 Å². The molecule has 0 radical (unpaired) electrons. The van der Waals surface area contributed by atoms with Crippen molar-refractivity contribution in [2.45, 2.75) is 13.3 Å². The molecular formula is C10H12ClNO2. The molecule has 1 aromatic rings. The summed E-state index contributed by atoms with van der Waals surface area (Å²) in [6.07, 6.45) is 0.231. The minimum Gasteiger partial charge on any atom is -0.466 e. The van der Waals surface area contributed by atoms with E-state index < -0.39 is 0 Å². The molecule has 0 saturated heterocycles. The second-order valence-electron chi connectivity index (χ2n) is 2.84. The van der Waals surface area contributed by atoms with Crippen molar-refractivity contribution in [3.8, 4) is 0 Å². The maximum atomic E-state index is 11.1. The fourth-order valence-corrected chi connectivity index (χ4v) is 1.20. The lowest BCUT2D eigenvalue weighted by atomic mass is 10.1. The molecule has 76 valence electrons. The Kier molecular flexibility index (Phi) is 3.77. The van der Waals surface area contributed by atoms with E-state index >= 15 is 0 Å². The van der Waals surface area contributed by atoms with Crippen LogP contribution in [0.1, 0.15) is 12.5 Å². The maximum absolute atomic E-state index is 11.1. The molecule has 3 nitrogen and oxygen atoms in total. The SMILES string of the molecule is CCOC(=O)Cc1ccc(Cl)c(N)c1. The van der Waals surface area contributed by atoms with Gasteiger partial charge in [-0.05, 0) is 24.6 Å². The monoisotopic (exact) mass is 213 g/mol. The Morgan fingerprint density at radius 3 is 2.86 bits per heavy atom. The molecule has 2 N–H and O–H groups in total. The highest BCUT2D eigenvalue weighted by Gasteiger charge is 2.05. The summed E-state index contributed by atoms with van der Waals surface area (Å²) < 4.78 is 4.80. The van der Waals surface area contributed by atoms with E-state index in [-0.39, 0.29) is 12.4 Å². The molecule has 0 saturated carbocycles. The first-order valence-corrected chi connectivity index (χ1v) is 4.70. The third-order valence-electron chi connectivity index (χ3n) is 1.71. The normalized spacial score (nSPS) is 9.86. The number of benzene rings is 1. The van der Waals surface area contributed by atoms with Gasteiger partial charge < -0.3 is 10.5 Å². The van der Waals surface area contributed by atoms with Gasteiger partial charge in [0.05, 0.1) is 23.7 Å². The van der Waals surface area contributed by atoms with Crippen molar-refractivity contribution in [1.82, 2.24) is 0 Å². The average Bonchev–Trinajstić information content (AvgIpc) is 2.12. The molecule has 0 spiro atoms. The van der Waals surface area contributed by atoms with Gasteiger partial charge in [-0.25, -0.2) is 0 Å². The number of carbonyl (C=O) groups excluding carboxylic acids is 1. The third-order valence-corrected chi connectivity index (χ3v) is 2.06. The van der Waals surface area contributed by atoms with Crippen LogP contribution in [0.25, 0.3) is 0 Å². The van der Waals surface area contributed by atoms with Crippen LogP contribution in [0.15, 0.2) is 18.2 Å². The zero-order valence-corrected chi connectivity index (χ0v) is 8.67. The van der Waals surface area contributed by atoms with Gasteiger partial charge in [0.15, 0.2) is 0 Å². The molecule has 0 bridgehead atoms. The summed E-state index contributed by atoms with van der Waals surface area (Å²) in [5.74, 6) is -0.255. The van der Waals surface area contributed by atoms with Gasteiger partial charge in [0.2, 0.25) is 0 Å². The van der Waals surface area contributed by atoms with Crippen LogP contribution in [0.3, 0.4) is 0 Å². The molecule has 0 unspecified atom stereocenters. The van der Waals surface area contributed by atoms with Crippen LogP contribution in [0.5, 0.6) is 0 Å². The zero-order valence-electron chi connectivity index (χ0n) is 7.92. The number of esters is 1. The summed E-state index contributed by atoms with van der Waals surface area (Å²) in [5.41, 5.74) is 6.88. The first-order chi connectivity index (χ1) is 6.63. The number of hydrogen-bond acceptors (Lipinski definition) is 3. The number of nitrogen functional groups attached to an aromatic ring is 1. The molecule has 0 atom stereocenters. The van der Waals surface area contributed by atoms with Crippen LogP contribution in [-0.2, 0) is 16.0 Å². The minimum atomic E-state index is -0.255. The van der Waals surface area contributed by atoms with E-state index in [0.29, 0.717) is 17.3 Å². The van der Waals surface area contributed by atoms with E-state index in [4.69, 9.17) is 22.1 Å². The number of hydrogen-bond donors (Lipinski definition) is 1. The molecule has 0 aromatic heterocycles. The Morgan fingerprint density at radius 1 is 1.57 bits per heavy atom. The summed E-state index contributed by atoms with van der Waals surface area (Å²) in [6, 6.07) is 5.11. The van der Waals surface area contributed by atoms with E-state index in [1.165, 1.54) is 0 Å². The van der Waals surface area contributed by atoms with Gasteiger partial charge in [-0.3, -0.25) is 4.79 Å². The maximum Gasteiger partial charge on any atom is 0.310 e. The summed E-state index contributed by atoms with van der Waals surface area (Å²) >= 11 is 5.74. The molecule has 1 rings (SSSR count). The highest BCUT2D eigenvalue weighted by molar-refractivity contribution is 6.33. The number of carbonyl (C=O) groups is 1. The Labute approximate surface area is 87.8 Å². The van der Waals surface area contributed by atoms with Crippen molar-refractivity contribution in [3.63, 3.8) is 0 Å². The van der Waals surface area contributed by atoms with Crippen molar-refractivity contribution >= 4 is 23.3 Å². The van der Waals surface area contributed by atoms with Crippen LogP contribution < -0.4 is 5.73 Å². The smallest absolute Gasteiger partial charge is 0.310 e. The minimum absolute atomic E-state index is 0.231. The molecule has 0 fully saturated rings. The molecular weight excluding hydrogens is 202 g/mol. The predicted molar refractivity (Wildman–Crippen MR) is 56.2 cm³/mol. The quantitative estimate of drug-likeness (QED) is 0.618. The third kappa shape index (κ3) is 2.92. The number of ether oxygens (including phenoxy) is 1. The molecule has 14 heavy (non-hydrogen) atoms. The predicted octanol–water partition coefficient (Wildman–Crippen LogP) is 2.03. The largest absolute Gasteiger partial charge is 0.466 e. The fourth-order valence-electron chi connectivity index (χ4n) is 1.08. The lowest BCUT2D eigenvalue weighted by Crippen LogP contribution is -2.07. The Morgan fingerprint density at radius 2 is 2.29 bits per heavy atom. The second-order valence-corrected chi connectivity index (χ2v) is 3.24. The molecule has 1 aromatic carbocycles. The molecule has 0 amide bonds. The molecule has 0 aliphatic carbocycles. The number of nitrogens with two attached hydrogens (primary N) is 1. The van der Waals surface area contributed by atoms with Crippen molar-refractivity contribution in [2.24, 2.45) is 0 Å². The van der Waals surface area contributed by atoms with E-state index in [0.717, 1.165) is 5.56 Å². The number of halogens is 1.